The standard InChI is InChI=1S/C17H26O3/c1-8-15(19)20-14-10-11(16(2,3)4)13(18)9-12(14)17(5,6)7/h9-10,18H,8H2,1-7H3. The van der Waals surface area contributed by atoms with E-state index in [1.807, 2.05) is 41.5 Å². The van der Waals surface area contributed by atoms with Gasteiger partial charge >= 0.3 is 5.97 Å². The number of aromatic hydroxyl groups is 1. The predicted octanol–water partition coefficient (Wildman–Crippen LogP) is 4.30. The van der Waals surface area contributed by atoms with Crippen molar-refractivity contribution >= 4 is 5.97 Å². The fourth-order valence-corrected chi connectivity index (χ4v) is 2.03. The van der Waals surface area contributed by atoms with E-state index in [0.29, 0.717) is 12.2 Å². The first-order valence-electron chi connectivity index (χ1n) is 7.05. The Labute approximate surface area is 122 Å². The van der Waals surface area contributed by atoms with Gasteiger partial charge in [0.05, 0.1) is 0 Å². The Morgan fingerprint density at radius 2 is 1.55 bits per heavy atom. The van der Waals surface area contributed by atoms with Gasteiger partial charge in [0.15, 0.2) is 0 Å². The molecule has 20 heavy (non-hydrogen) atoms. The monoisotopic (exact) mass is 278 g/mol. The van der Waals surface area contributed by atoms with Gasteiger partial charge in [-0.1, -0.05) is 48.5 Å². The molecule has 1 rings (SSSR count). The van der Waals surface area contributed by atoms with E-state index in [1.165, 1.54) is 0 Å². The van der Waals surface area contributed by atoms with Gasteiger partial charge in [0.25, 0.3) is 0 Å². The van der Waals surface area contributed by atoms with Gasteiger partial charge in [-0.15, -0.1) is 0 Å². The first kappa shape index (κ1) is 16.5. The molecule has 0 fully saturated rings. The van der Waals surface area contributed by atoms with Crippen molar-refractivity contribution in [3.05, 3.63) is 23.3 Å². The van der Waals surface area contributed by atoms with Gasteiger partial charge in [0.2, 0.25) is 0 Å². The van der Waals surface area contributed by atoms with Crippen molar-refractivity contribution in [3.8, 4) is 11.5 Å². The molecule has 1 aromatic rings. The highest BCUT2D eigenvalue weighted by molar-refractivity contribution is 5.73. The number of phenolic OH excluding ortho intramolecular Hbond substituents is 1. The summed E-state index contributed by atoms with van der Waals surface area (Å²) in [5, 5.41) is 10.3. The van der Waals surface area contributed by atoms with E-state index in [-0.39, 0.29) is 22.5 Å². The molecule has 3 heteroatoms. The maximum atomic E-state index is 11.6. The van der Waals surface area contributed by atoms with Crippen LogP contribution in [0.1, 0.15) is 66.0 Å². The van der Waals surface area contributed by atoms with Crippen molar-refractivity contribution in [3.63, 3.8) is 0 Å². The lowest BCUT2D eigenvalue weighted by Crippen LogP contribution is -2.18. The van der Waals surface area contributed by atoms with Crippen LogP contribution >= 0.6 is 0 Å². The third kappa shape index (κ3) is 3.75. The molecule has 3 nitrogen and oxygen atoms in total. The van der Waals surface area contributed by atoms with E-state index < -0.39 is 0 Å². The zero-order valence-corrected chi connectivity index (χ0v) is 13.6. The predicted molar refractivity (Wildman–Crippen MR) is 81.4 cm³/mol. The number of hydrogen-bond acceptors (Lipinski definition) is 3. The van der Waals surface area contributed by atoms with Crippen LogP contribution in [0.15, 0.2) is 12.1 Å². The SMILES string of the molecule is CCC(=O)Oc1cc(C(C)(C)C)c(O)cc1C(C)(C)C. The minimum absolute atomic E-state index is 0.211. The number of benzene rings is 1. The minimum Gasteiger partial charge on any atom is -0.508 e. The topological polar surface area (TPSA) is 46.5 Å². The van der Waals surface area contributed by atoms with Crippen molar-refractivity contribution in [1.29, 1.82) is 0 Å². The lowest BCUT2D eigenvalue weighted by Gasteiger charge is -2.27. The largest absolute Gasteiger partial charge is 0.508 e. The second-order valence-electron chi connectivity index (χ2n) is 7.19. The maximum Gasteiger partial charge on any atom is 0.310 e. The quantitative estimate of drug-likeness (QED) is 0.648. The van der Waals surface area contributed by atoms with E-state index >= 15 is 0 Å². The summed E-state index contributed by atoms with van der Waals surface area (Å²) in [5.74, 6) is 0.534. The van der Waals surface area contributed by atoms with E-state index in [0.717, 1.165) is 11.1 Å². The Kier molecular flexibility index (Phi) is 4.52. The molecule has 1 N–H and O–H groups in total. The molecule has 0 amide bonds. The molecule has 112 valence electrons. The fourth-order valence-electron chi connectivity index (χ4n) is 2.03. The van der Waals surface area contributed by atoms with Gasteiger partial charge in [0.1, 0.15) is 11.5 Å². The maximum absolute atomic E-state index is 11.6. The average Bonchev–Trinajstić information content (AvgIpc) is 2.27. The zero-order valence-electron chi connectivity index (χ0n) is 13.6. The first-order valence-corrected chi connectivity index (χ1v) is 7.05. The van der Waals surface area contributed by atoms with Crippen LogP contribution in [0.5, 0.6) is 11.5 Å². The lowest BCUT2D eigenvalue weighted by atomic mass is 9.81. The third-order valence-corrected chi connectivity index (χ3v) is 3.23. The van der Waals surface area contributed by atoms with Crippen molar-refractivity contribution < 1.29 is 14.6 Å². The Morgan fingerprint density at radius 3 is 1.95 bits per heavy atom. The van der Waals surface area contributed by atoms with E-state index in [9.17, 15) is 9.90 Å². The molecule has 0 unspecified atom stereocenters. The Balaban J connectivity index is 3.46. The van der Waals surface area contributed by atoms with Crippen LogP contribution < -0.4 is 4.74 Å². The Morgan fingerprint density at radius 1 is 1.05 bits per heavy atom. The van der Waals surface area contributed by atoms with Gasteiger partial charge < -0.3 is 9.84 Å². The number of ether oxygens (including phenoxy) is 1. The van der Waals surface area contributed by atoms with Gasteiger partial charge in [-0.25, -0.2) is 0 Å². The van der Waals surface area contributed by atoms with Gasteiger partial charge in [-0.05, 0) is 23.0 Å². The molecule has 0 aliphatic heterocycles. The molecule has 1 aromatic carbocycles. The zero-order chi connectivity index (χ0) is 15.7. The smallest absolute Gasteiger partial charge is 0.310 e. The minimum atomic E-state index is -0.263. The molecule has 0 aromatic heterocycles. The van der Waals surface area contributed by atoms with Crippen LogP contribution in [-0.2, 0) is 15.6 Å². The number of rotatable bonds is 2. The van der Waals surface area contributed by atoms with Gasteiger partial charge in [-0.2, -0.15) is 0 Å². The highest BCUT2D eigenvalue weighted by Gasteiger charge is 2.26. The van der Waals surface area contributed by atoms with Crippen molar-refractivity contribution in [2.45, 2.75) is 65.7 Å². The fraction of sp³-hybridized carbons (Fsp3) is 0.588. The average molecular weight is 278 g/mol. The summed E-state index contributed by atoms with van der Waals surface area (Å²) in [7, 11) is 0. The van der Waals surface area contributed by atoms with Crippen molar-refractivity contribution in [1.82, 2.24) is 0 Å². The first-order chi connectivity index (χ1) is 8.96. The highest BCUT2D eigenvalue weighted by atomic mass is 16.5. The summed E-state index contributed by atoms with van der Waals surface area (Å²) in [6.45, 7) is 13.9. The van der Waals surface area contributed by atoms with E-state index in [1.54, 1.807) is 19.1 Å². The molecule has 0 aliphatic rings. The molecular weight excluding hydrogens is 252 g/mol. The van der Waals surface area contributed by atoms with Crippen LogP contribution in [0, 0.1) is 0 Å². The summed E-state index contributed by atoms with van der Waals surface area (Å²) < 4.78 is 5.46. The van der Waals surface area contributed by atoms with Gasteiger partial charge in [-0.3, -0.25) is 4.79 Å². The van der Waals surface area contributed by atoms with Crippen LogP contribution in [0.3, 0.4) is 0 Å². The van der Waals surface area contributed by atoms with E-state index in [4.69, 9.17) is 4.74 Å². The number of hydrogen-bond donors (Lipinski definition) is 1. The van der Waals surface area contributed by atoms with Gasteiger partial charge in [0, 0.05) is 17.5 Å². The molecule has 0 aliphatic carbocycles. The lowest BCUT2D eigenvalue weighted by molar-refractivity contribution is -0.134. The number of phenols is 1. The van der Waals surface area contributed by atoms with E-state index in [2.05, 4.69) is 0 Å². The molecule has 0 heterocycles. The summed E-state index contributed by atoms with van der Waals surface area (Å²) in [6.07, 6.45) is 0.329. The normalized spacial score (nSPS) is 12.3. The Hall–Kier alpha value is -1.51. The summed E-state index contributed by atoms with van der Waals surface area (Å²) in [6, 6.07) is 3.52. The highest BCUT2D eigenvalue weighted by Crippen LogP contribution is 2.40. The summed E-state index contributed by atoms with van der Waals surface area (Å²) in [4.78, 5) is 11.6. The van der Waals surface area contributed by atoms with Crippen LogP contribution in [0.2, 0.25) is 0 Å². The molecule has 0 bridgehead atoms. The summed E-state index contributed by atoms with van der Waals surface area (Å²) >= 11 is 0. The molecule has 0 atom stereocenters. The van der Waals surface area contributed by atoms with Crippen molar-refractivity contribution in [2.75, 3.05) is 0 Å². The molecule has 0 saturated heterocycles. The second kappa shape index (κ2) is 5.47. The third-order valence-electron chi connectivity index (χ3n) is 3.23. The number of carbonyl (C=O) groups excluding carboxylic acids is 1. The number of carbonyl (C=O) groups is 1. The Bertz CT molecular complexity index is 502. The molecule has 0 spiro atoms. The molecule has 0 saturated carbocycles. The molecule has 0 radical (unpaired) electrons. The van der Waals surface area contributed by atoms with Crippen LogP contribution in [0.25, 0.3) is 0 Å². The van der Waals surface area contributed by atoms with Crippen LogP contribution in [-0.4, -0.2) is 11.1 Å². The molecular formula is C17H26O3. The van der Waals surface area contributed by atoms with Crippen molar-refractivity contribution in [2.24, 2.45) is 0 Å². The second-order valence-corrected chi connectivity index (χ2v) is 7.19. The number of esters is 1. The summed E-state index contributed by atoms with van der Waals surface area (Å²) in [5.41, 5.74) is 1.19. The van der Waals surface area contributed by atoms with Crippen LogP contribution in [0.4, 0.5) is 0 Å².